The number of nitrogens with zero attached hydrogens (tertiary/aromatic N) is 4. The summed E-state index contributed by atoms with van der Waals surface area (Å²) in [5.41, 5.74) is 8.74. The number of thioether (sulfide) groups is 1. The fourth-order valence-corrected chi connectivity index (χ4v) is 5.42. The molecule has 2 aromatic rings. The molecule has 0 saturated carbocycles. The van der Waals surface area contributed by atoms with E-state index in [1.807, 2.05) is 48.5 Å². The number of halogens is 4. The van der Waals surface area contributed by atoms with Gasteiger partial charge in [-0.3, -0.25) is 9.59 Å². The third-order valence-corrected chi connectivity index (χ3v) is 7.78. The van der Waals surface area contributed by atoms with E-state index in [0.29, 0.717) is 49.7 Å². The van der Waals surface area contributed by atoms with Crippen molar-refractivity contribution >= 4 is 93.8 Å². The van der Waals surface area contributed by atoms with Gasteiger partial charge in [0.1, 0.15) is 0 Å². The molecule has 2 amide bonds. The molecule has 41 heavy (non-hydrogen) atoms. The minimum absolute atomic E-state index is 0.307. The molecule has 0 aliphatic carbocycles. The quantitative estimate of drug-likeness (QED) is 0.128. The zero-order valence-corrected chi connectivity index (χ0v) is 27.0. The normalized spacial score (nSPS) is 12.8. The number of hydrazone groups is 2. The molecule has 2 aromatic carbocycles. The van der Waals surface area contributed by atoms with Gasteiger partial charge in [0.05, 0.1) is 22.9 Å². The molecule has 0 heterocycles. The number of carbonyl (C=O) groups excluding carboxylic acids is 2. The molecule has 2 atom stereocenters. The van der Waals surface area contributed by atoms with Gasteiger partial charge in [-0.05, 0) is 49.2 Å². The first-order chi connectivity index (χ1) is 19.8. The predicted octanol–water partition coefficient (Wildman–Crippen LogP) is 5.37. The van der Waals surface area contributed by atoms with Crippen LogP contribution >= 0.6 is 58.2 Å². The van der Waals surface area contributed by atoms with Crippen LogP contribution in [0.5, 0.6) is 0 Å². The van der Waals surface area contributed by atoms with Gasteiger partial charge in [0.25, 0.3) is 11.8 Å². The number of anilines is 2. The minimum Gasteiger partial charge on any atom is -0.369 e. The molecule has 8 nitrogen and oxygen atoms in total. The second-order valence-electron chi connectivity index (χ2n) is 8.80. The lowest BCUT2D eigenvalue weighted by atomic mass is 10.2. The Morgan fingerprint density at radius 3 is 1.29 bits per heavy atom. The predicted molar refractivity (Wildman–Crippen MR) is 178 cm³/mol. The summed E-state index contributed by atoms with van der Waals surface area (Å²) in [5, 5.41) is 7.09. The van der Waals surface area contributed by atoms with Gasteiger partial charge in [0.15, 0.2) is 0 Å². The van der Waals surface area contributed by atoms with Crippen LogP contribution in [-0.4, -0.2) is 84.4 Å². The first-order valence-electron chi connectivity index (χ1n) is 13.1. The van der Waals surface area contributed by atoms with Crippen LogP contribution in [0.15, 0.2) is 58.7 Å². The van der Waals surface area contributed by atoms with Crippen LogP contribution in [0.1, 0.15) is 25.0 Å². The van der Waals surface area contributed by atoms with Gasteiger partial charge < -0.3 is 9.80 Å². The van der Waals surface area contributed by atoms with E-state index in [0.717, 1.165) is 22.5 Å². The van der Waals surface area contributed by atoms with Gasteiger partial charge in [-0.1, -0.05) is 24.3 Å². The van der Waals surface area contributed by atoms with Crippen LogP contribution in [0.4, 0.5) is 11.4 Å². The maximum absolute atomic E-state index is 12.5. The summed E-state index contributed by atoms with van der Waals surface area (Å²) in [6.07, 6.45) is 3.13. The standard InChI is InChI=1S/C28H36Cl4N6O2S/c1-21(27(39)35-33-19-23-3-7-25(8-4-23)37(15-11-29)16-12-30)41-22(2)28(40)36-34-20-24-5-9-26(10-6-24)38(17-13-31)18-14-32/h3-10,19-22H,11-18H2,1-2H3,(H,35,39)(H,36,40)/b33-19+,34-20+/t21-,22-/m0/s1. The lowest BCUT2D eigenvalue weighted by molar-refractivity contribution is -0.120. The van der Waals surface area contributed by atoms with Crippen molar-refractivity contribution in [3.05, 3.63) is 59.7 Å². The minimum atomic E-state index is -0.504. The second-order valence-corrected chi connectivity index (χ2v) is 12.0. The SMILES string of the molecule is C[C@H](S[C@@H](C)C(=O)N/N=C/c1ccc(N(CCCl)CCCl)cc1)C(=O)N/N=C/c1ccc(N(CCCl)CCCl)cc1. The molecule has 224 valence electrons. The van der Waals surface area contributed by atoms with E-state index < -0.39 is 10.5 Å². The van der Waals surface area contributed by atoms with E-state index in [-0.39, 0.29) is 11.8 Å². The average molecular weight is 663 g/mol. The molecule has 0 saturated heterocycles. The molecular weight excluding hydrogens is 626 g/mol. The molecule has 0 radical (unpaired) electrons. The van der Waals surface area contributed by atoms with Crippen molar-refractivity contribution in [1.29, 1.82) is 0 Å². The Labute approximate surface area is 266 Å². The summed E-state index contributed by atoms with van der Waals surface area (Å²) < 4.78 is 0. The molecule has 0 fully saturated rings. The summed E-state index contributed by atoms with van der Waals surface area (Å²) in [6.45, 7) is 6.25. The van der Waals surface area contributed by atoms with Crippen molar-refractivity contribution in [2.45, 2.75) is 24.3 Å². The largest absolute Gasteiger partial charge is 0.369 e. The molecule has 0 spiro atoms. The average Bonchev–Trinajstić information content (AvgIpc) is 2.97. The van der Waals surface area contributed by atoms with Crippen LogP contribution < -0.4 is 20.7 Å². The van der Waals surface area contributed by atoms with Gasteiger partial charge in [0.2, 0.25) is 0 Å². The molecular formula is C28H36Cl4N6O2S. The third kappa shape index (κ3) is 12.7. The Balaban J connectivity index is 1.80. The molecule has 0 unspecified atom stereocenters. The smallest absolute Gasteiger partial charge is 0.252 e. The molecule has 13 heteroatoms. The number of carbonyl (C=O) groups is 2. The van der Waals surface area contributed by atoms with Crippen molar-refractivity contribution in [2.75, 3.05) is 59.5 Å². The number of hydrogen-bond donors (Lipinski definition) is 2. The lowest BCUT2D eigenvalue weighted by Gasteiger charge is -2.22. The number of nitrogens with one attached hydrogen (secondary N) is 2. The summed E-state index contributed by atoms with van der Waals surface area (Å²) in [6, 6.07) is 15.4. The Bertz CT molecular complexity index is 1020. The summed E-state index contributed by atoms with van der Waals surface area (Å²) >= 11 is 24.7. The van der Waals surface area contributed by atoms with Gasteiger partial charge in [-0.15, -0.1) is 58.2 Å². The van der Waals surface area contributed by atoms with Crippen LogP contribution in [0.2, 0.25) is 0 Å². The van der Waals surface area contributed by atoms with E-state index >= 15 is 0 Å². The summed E-state index contributed by atoms with van der Waals surface area (Å²) in [4.78, 5) is 29.2. The van der Waals surface area contributed by atoms with Crippen molar-refractivity contribution in [3.63, 3.8) is 0 Å². The van der Waals surface area contributed by atoms with Crippen molar-refractivity contribution in [2.24, 2.45) is 10.2 Å². The Morgan fingerprint density at radius 2 is 1.00 bits per heavy atom. The van der Waals surface area contributed by atoms with E-state index in [9.17, 15) is 9.59 Å². The first-order valence-corrected chi connectivity index (χ1v) is 16.2. The third-order valence-electron chi connectivity index (χ3n) is 5.86. The number of benzene rings is 2. The Kier molecular flexibility index (Phi) is 17.0. The van der Waals surface area contributed by atoms with Gasteiger partial charge >= 0.3 is 0 Å². The lowest BCUT2D eigenvalue weighted by Crippen LogP contribution is -2.33. The maximum atomic E-state index is 12.5. The zero-order chi connectivity index (χ0) is 30.0. The summed E-state index contributed by atoms with van der Waals surface area (Å²) in [5.74, 6) is 1.42. The fourth-order valence-electron chi connectivity index (χ4n) is 3.64. The van der Waals surface area contributed by atoms with E-state index in [4.69, 9.17) is 46.4 Å². The van der Waals surface area contributed by atoms with E-state index in [2.05, 4.69) is 30.9 Å². The number of rotatable bonds is 18. The summed E-state index contributed by atoms with van der Waals surface area (Å²) in [7, 11) is 0. The topological polar surface area (TPSA) is 89.4 Å². The van der Waals surface area contributed by atoms with Crippen molar-refractivity contribution < 1.29 is 9.59 Å². The molecule has 0 aromatic heterocycles. The van der Waals surface area contributed by atoms with Gasteiger partial charge in [-0.25, -0.2) is 10.9 Å². The van der Waals surface area contributed by atoms with Gasteiger partial charge in [-0.2, -0.15) is 10.2 Å². The zero-order valence-electron chi connectivity index (χ0n) is 23.1. The van der Waals surface area contributed by atoms with Crippen LogP contribution in [-0.2, 0) is 9.59 Å². The highest BCUT2D eigenvalue weighted by Crippen LogP contribution is 2.19. The molecule has 2 N–H and O–H groups in total. The van der Waals surface area contributed by atoms with E-state index in [1.54, 1.807) is 26.3 Å². The number of amides is 2. The molecule has 2 rings (SSSR count). The second kappa shape index (κ2) is 19.9. The molecule has 0 aliphatic heterocycles. The number of alkyl halides is 4. The van der Waals surface area contributed by atoms with Gasteiger partial charge in [0, 0.05) is 61.1 Å². The highest BCUT2D eigenvalue weighted by Gasteiger charge is 2.21. The van der Waals surface area contributed by atoms with Crippen LogP contribution in [0.3, 0.4) is 0 Å². The monoisotopic (exact) mass is 660 g/mol. The Hall–Kier alpha value is -2.17. The maximum Gasteiger partial charge on any atom is 0.252 e. The fraction of sp³-hybridized carbons (Fsp3) is 0.429. The highest BCUT2D eigenvalue weighted by atomic mass is 35.5. The molecule has 0 aliphatic rings. The van der Waals surface area contributed by atoms with Crippen molar-refractivity contribution in [3.8, 4) is 0 Å². The highest BCUT2D eigenvalue weighted by molar-refractivity contribution is 8.01. The van der Waals surface area contributed by atoms with E-state index in [1.165, 1.54) is 11.8 Å². The first kappa shape index (κ1) is 35.0. The van der Waals surface area contributed by atoms with Crippen molar-refractivity contribution in [1.82, 2.24) is 10.9 Å². The van der Waals surface area contributed by atoms with Crippen LogP contribution in [0.25, 0.3) is 0 Å². The Morgan fingerprint density at radius 1 is 0.683 bits per heavy atom. The van der Waals surface area contributed by atoms with Crippen LogP contribution in [0, 0.1) is 0 Å². The number of hydrogen-bond acceptors (Lipinski definition) is 7. The molecule has 0 bridgehead atoms.